The number of anilines is 1. The summed E-state index contributed by atoms with van der Waals surface area (Å²) in [6.45, 7) is 2.52. The number of rotatable bonds is 7. The van der Waals surface area contributed by atoms with Crippen LogP contribution in [-0.2, 0) is 11.2 Å². The summed E-state index contributed by atoms with van der Waals surface area (Å²) in [5.41, 5.74) is 2.07. The van der Waals surface area contributed by atoms with Crippen molar-refractivity contribution < 1.29 is 9.90 Å². The molecule has 0 amide bonds. The van der Waals surface area contributed by atoms with Gasteiger partial charge >= 0.3 is 5.97 Å². The topological polar surface area (TPSA) is 75.1 Å². The van der Waals surface area contributed by atoms with Crippen molar-refractivity contribution in [2.45, 2.75) is 26.2 Å². The number of carbonyl (C=O) groups is 1. The summed E-state index contributed by atoms with van der Waals surface area (Å²) in [6, 6.07) is 11.9. The highest BCUT2D eigenvalue weighted by molar-refractivity contribution is 5.66. The molecule has 2 rings (SSSR count). The van der Waals surface area contributed by atoms with E-state index in [0.29, 0.717) is 19.4 Å². The van der Waals surface area contributed by atoms with Gasteiger partial charge in [0.25, 0.3) is 0 Å². The zero-order valence-electron chi connectivity index (χ0n) is 12.0. The molecular weight excluding hydrogens is 266 g/mol. The summed E-state index contributed by atoms with van der Waals surface area (Å²) in [5, 5.41) is 11.8. The average molecular weight is 285 g/mol. The molecule has 2 aromatic rings. The number of aliphatic carboxylic acids is 1. The Labute approximate surface area is 124 Å². The summed E-state index contributed by atoms with van der Waals surface area (Å²) < 4.78 is 0. The number of hydrogen-bond donors (Lipinski definition) is 2. The van der Waals surface area contributed by atoms with Crippen LogP contribution in [0.2, 0.25) is 0 Å². The lowest BCUT2D eigenvalue weighted by Crippen LogP contribution is -2.08. The lowest BCUT2D eigenvalue weighted by molar-refractivity contribution is -0.137. The van der Waals surface area contributed by atoms with Crippen LogP contribution in [0.25, 0.3) is 0 Å². The van der Waals surface area contributed by atoms with Crippen LogP contribution in [0.1, 0.15) is 29.9 Å². The number of hydrogen-bond acceptors (Lipinski definition) is 4. The Morgan fingerprint density at radius 3 is 2.71 bits per heavy atom. The van der Waals surface area contributed by atoms with Crippen LogP contribution < -0.4 is 5.32 Å². The molecule has 21 heavy (non-hydrogen) atoms. The van der Waals surface area contributed by atoms with Gasteiger partial charge in [-0.2, -0.15) is 0 Å². The lowest BCUT2D eigenvalue weighted by atomic mass is 10.1. The number of carboxylic acids is 1. The highest BCUT2D eigenvalue weighted by Crippen LogP contribution is 2.10. The maximum absolute atomic E-state index is 10.5. The molecule has 0 fully saturated rings. The molecule has 1 aromatic heterocycles. The van der Waals surface area contributed by atoms with Crippen LogP contribution in [0.15, 0.2) is 36.4 Å². The maximum Gasteiger partial charge on any atom is 0.303 e. The smallest absolute Gasteiger partial charge is 0.303 e. The first-order chi connectivity index (χ1) is 10.1. The Morgan fingerprint density at radius 2 is 2.00 bits per heavy atom. The minimum Gasteiger partial charge on any atom is -0.481 e. The van der Waals surface area contributed by atoms with E-state index in [2.05, 4.69) is 15.3 Å². The first-order valence-corrected chi connectivity index (χ1v) is 6.97. The molecule has 5 heteroatoms. The van der Waals surface area contributed by atoms with Crippen LogP contribution >= 0.6 is 0 Å². The second kappa shape index (κ2) is 7.38. The molecule has 0 saturated carbocycles. The minimum absolute atomic E-state index is 0.161. The number of carboxylic acid groups (broad SMARTS) is 1. The molecule has 1 heterocycles. The normalized spacial score (nSPS) is 10.3. The van der Waals surface area contributed by atoms with Crippen molar-refractivity contribution in [2.75, 3.05) is 11.9 Å². The number of nitrogens with one attached hydrogen (secondary N) is 1. The Balaban J connectivity index is 1.98. The monoisotopic (exact) mass is 285 g/mol. The van der Waals surface area contributed by atoms with Gasteiger partial charge in [-0.3, -0.25) is 4.79 Å². The Bertz CT molecular complexity index is 600. The molecule has 110 valence electrons. The van der Waals surface area contributed by atoms with E-state index in [1.807, 2.05) is 43.3 Å². The van der Waals surface area contributed by atoms with E-state index in [1.54, 1.807) is 0 Å². The molecule has 5 nitrogen and oxygen atoms in total. The SMILES string of the molecule is Cc1cc(NCCCC(=O)O)nc(Cc2ccccc2)n1. The number of nitrogens with zero attached hydrogens (tertiary/aromatic N) is 2. The van der Waals surface area contributed by atoms with E-state index in [0.717, 1.165) is 17.3 Å². The van der Waals surface area contributed by atoms with Crippen molar-refractivity contribution >= 4 is 11.8 Å². The highest BCUT2D eigenvalue weighted by Gasteiger charge is 2.04. The number of aromatic nitrogens is 2. The summed E-state index contributed by atoms with van der Waals surface area (Å²) >= 11 is 0. The minimum atomic E-state index is -0.777. The third-order valence-corrected chi connectivity index (χ3v) is 2.98. The molecule has 0 saturated heterocycles. The summed E-state index contributed by atoms with van der Waals surface area (Å²) in [7, 11) is 0. The van der Waals surface area contributed by atoms with Gasteiger partial charge in [-0.05, 0) is 18.9 Å². The molecule has 0 aliphatic rings. The van der Waals surface area contributed by atoms with Gasteiger partial charge in [-0.15, -0.1) is 0 Å². The van der Waals surface area contributed by atoms with Crippen LogP contribution in [0.4, 0.5) is 5.82 Å². The van der Waals surface area contributed by atoms with Gasteiger partial charge in [0.15, 0.2) is 0 Å². The zero-order chi connectivity index (χ0) is 15.1. The molecule has 0 aliphatic heterocycles. The lowest BCUT2D eigenvalue weighted by Gasteiger charge is -2.08. The third-order valence-electron chi connectivity index (χ3n) is 2.98. The van der Waals surface area contributed by atoms with E-state index in [4.69, 9.17) is 5.11 Å². The van der Waals surface area contributed by atoms with Crippen LogP contribution in [-0.4, -0.2) is 27.6 Å². The fraction of sp³-hybridized carbons (Fsp3) is 0.312. The Morgan fingerprint density at radius 1 is 1.24 bits per heavy atom. The van der Waals surface area contributed by atoms with Gasteiger partial charge < -0.3 is 10.4 Å². The molecule has 1 aromatic carbocycles. The van der Waals surface area contributed by atoms with Crippen LogP contribution in [0, 0.1) is 6.92 Å². The standard InChI is InChI=1S/C16H19N3O2/c1-12-10-14(17-9-5-8-16(20)21)19-15(18-12)11-13-6-3-2-4-7-13/h2-4,6-7,10H,5,8-9,11H2,1H3,(H,20,21)(H,17,18,19). The second-order valence-corrected chi connectivity index (χ2v) is 4.90. The van der Waals surface area contributed by atoms with Crippen LogP contribution in [0.3, 0.4) is 0 Å². The van der Waals surface area contributed by atoms with Crippen molar-refractivity contribution in [1.29, 1.82) is 0 Å². The van der Waals surface area contributed by atoms with Gasteiger partial charge in [0.1, 0.15) is 11.6 Å². The second-order valence-electron chi connectivity index (χ2n) is 4.90. The molecule has 0 aliphatic carbocycles. The molecule has 0 radical (unpaired) electrons. The first kappa shape index (κ1) is 15.0. The predicted octanol–water partition coefficient (Wildman–Crippen LogP) is 2.65. The predicted molar refractivity (Wildman–Crippen MR) is 81.4 cm³/mol. The summed E-state index contributed by atoms with van der Waals surface area (Å²) in [4.78, 5) is 19.4. The average Bonchev–Trinajstić information content (AvgIpc) is 2.44. The fourth-order valence-corrected chi connectivity index (χ4v) is 2.03. The Kier molecular flexibility index (Phi) is 5.26. The van der Waals surface area contributed by atoms with E-state index in [9.17, 15) is 4.79 Å². The van der Waals surface area contributed by atoms with Crippen molar-refractivity contribution in [3.63, 3.8) is 0 Å². The van der Waals surface area contributed by atoms with Crippen molar-refractivity contribution in [3.05, 3.63) is 53.5 Å². The molecule has 2 N–H and O–H groups in total. The zero-order valence-corrected chi connectivity index (χ0v) is 12.0. The molecule has 0 unspecified atom stereocenters. The molecule has 0 atom stereocenters. The van der Waals surface area contributed by atoms with Crippen molar-refractivity contribution in [3.8, 4) is 0 Å². The maximum atomic E-state index is 10.5. The van der Waals surface area contributed by atoms with E-state index >= 15 is 0 Å². The van der Waals surface area contributed by atoms with Crippen molar-refractivity contribution in [1.82, 2.24) is 9.97 Å². The van der Waals surface area contributed by atoms with Gasteiger partial charge in [0.05, 0.1) is 0 Å². The summed E-state index contributed by atoms with van der Waals surface area (Å²) in [5.74, 6) is 0.737. The van der Waals surface area contributed by atoms with Gasteiger partial charge in [-0.25, -0.2) is 9.97 Å². The van der Waals surface area contributed by atoms with Crippen molar-refractivity contribution in [2.24, 2.45) is 0 Å². The van der Waals surface area contributed by atoms with Gasteiger partial charge in [-0.1, -0.05) is 30.3 Å². The van der Waals surface area contributed by atoms with E-state index < -0.39 is 5.97 Å². The molecule has 0 spiro atoms. The number of aryl methyl sites for hydroxylation is 1. The first-order valence-electron chi connectivity index (χ1n) is 6.97. The third kappa shape index (κ3) is 5.22. The van der Waals surface area contributed by atoms with E-state index in [-0.39, 0.29) is 6.42 Å². The van der Waals surface area contributed by atoms with Crippen LogP contribution in [0.5, 0.6) is 0 Å². The highest BCUT2D eigenvalue weighted by atomic mass is 16.4. The summed E-state index contributed by atoms with van der Waals surface area (Å²) in [6.07, 6.45) is 1.42. The van der Waals surface area contributed by atoms with Gasteiger partial charge in [0, 0.05) is 31.1 Å². The number of benzene rings is 1. The van der Waals surface area contributed by atoms with E-state index in [1.165, 1.54) is 5.56 Å². The molecule has 0 bridgehead atoms. The van der Waals surface area contributed by atoms with Gasteiger partial charge in [0.2, 0.25) is 0 Å². The molecular formula is C16H19N3O2. The largest absolute Gasteiger partial charge is 0.481 e. The quantitative estimate of drug-likeness (QED) is 0.765. The Hall–Kier alpha value is -2.43. The fourth-order valence-electron chi connectivity index (χ4n) is 2.03.